The molecule has 4 heteroatoms. The number of hydrogen-bond acceptors (Lipinski definition) is 3. The smallest absolute Gasteiger partial charge is 0.407 e. The highest BCUT2D eigenvalue weighted by Gasteiger charge is 2.13. The van der Waals surface area contributed by atoms with Gasteiger partial charge in [-0.1, -0.05) is 12.2 Å². The van der Waals surface area contributed by atoms with Gasteiger partial charge in [-0.05, 0) is 32.1 Å². The molecule has 0 fully saturated rings. The number of amides is 1. The van der Waals surface area contributed by atoms with E-state index in [1.54, 1.807) is 0 Å². The first-order chi connectivity index (χ1) is 7.33. The molecule has 0 saturated heterocycles. The molecule has 0 aliphatic heterocycles. The fourth-order valence-corrected chi connectivity index (χ4v) is 1.61. The number of allylic oxidation sites excluding steroid dienone is 2. The van der Waals surface area contributed by atoms with Crippen molar-refractivity contribution < 1.29 is 9.53 Å². The number of nitrogens with two attached hydrogens (primary N) is 1. The molecular formula is C11H20N2O2. The van der Waals surface area contributed by atoms with E-state index in [1.165, 1.54) is 0 Å². The lowest BCUT2D eigenvalue weighted by atomic mass is 10.0. The van der Waals surface area contributed by atoms with Crippen LogP contribution < -0.4 is 11.1 Å². The maximum atomic E-state index is 11.3. The highest BCUT2D eigenvalue weighted by atomic mass is 16.6. The van der Waals surface area contributed by atoms with Crippen LogP contribution in [0, 0.1) is 0 Å². The maximum absolute atomic E-state index is 11.3. The Bertz CT molecular complexity index is 217. The minimum atomic E-state index is -0.338. The third-order valence-electron chi connectivity index (χ3n) is 2.41. The summed E-state index contributed by atoms with van der Waals surface area (Å²) in [5.41, 5.74) is 5.28. The monoisotopic (exact) mass is 212 g/mol. The van der Waals surface area contributed by atoms with Crippen molar-refractivity contribution in [3.8, 4) is 0 Å². The lowest BCUT2D eigenvalue weighted by Gasteiger charge is -2.18. The van der Waals surface area contributed by atoms with Crippen molar-refractivity contribution >= 4 is 6.09 Å². The summed E-state index contributed by atoms with van der Waals surface area (Å²) in [6.45, 7) is 0.925. The van der Waals surface area contributed by atoms with E-state index in [2.05, 4.69) is 17.5 Å². The van der Waals surface area contributed by atoms with Crippen molar-refractivity contribution in [2.45, 2.75) is 38.2 Å². The summed E-state index contributed by atoms with van der Waals surface area (Å²) < 4.78 is 5.29. The summed E-state index contributed by atoms with van der Waals surface area (Å²) in [7, 11) is 0. The van der Waals surface area contributed by atoms with Crippen LogP contribution in [0.5, 0.6) is 0 Å². The summed E-state index contributed by atoms with van der Waals surface area (Å²) in [6.07, 6.45) is 9.14. The Morgan fingerprint density at radius 1 is 1.40 bits per heavy atom. The number of nitrogens with one attached hydrogen (secondary N) is 1. The van der Waals surface area contributed by atoms with Crippen molar-refractivity contribution in [3.05, 3.63) is 12.2 Å². The molecule has 0 saturated carbocycles. The van der Waals surface area contributed by atoms with Crippen LogP contribution in [0.1, 0.15) is 32.1 Å². The molecule has 0 aromatic rings. The molecule has 0 spiro atoms. The molecule has 1 unspecified atom stereocenters. The van der Waals surface area contributed by atoms with Crippen molar-refractivity contribution in [2.75, 3.05) is 13.1 Å². The first-order valence-corrected chi connectivity index (χ1v) is 5.62. The van der Waals surface area contributed by atoms with Crippen LogP contribution in [-0.2, 0) is 4.74 Å². The first-order valence-electron chi connectivity index (χ1n) is 5.62. The molecule has 4 nitrogen and oxygen atoms in total. The Morgan fingerprint density at radius 2 is 2.20 bits per heavy atom. The highest BCUT2D eigenvalue weighted by molar-refractivity contribution is 5.67. The molecule has 3 N–H and O–H groups in total. The van der Waals surface area contributed by atoms with Crippen LogP contribution >= 0.6 is 0 Å². The van der Waals surface area contributed by atoms with Crippen molar-refractivity contribution in [3.63, 3.8) is 0 Å². The van der Waals surface area contributed by atoms with E-state index in [1.807, 2.05) is 0 Å². The van der Waals surface area contributed by atoms with E-state index in [-0.39, 0.29) is 12.2 Å². The topological polar surface area (TPSA) is 64.3 Å². The summed E-state index contributed by atoms with van der Waals surface area (Å²) in [5.74, 6) is 0. The average Bonchev–Trinajstić information content (AvgIpc) is 2.19. The fourth-order valence-electron chi connectivity index (χ4n) is 1.61. The number of rotatable bonds is 3. The van der Waals surface area contributed by atoms with Crippen LogP contribution in [0.25, 0.3) is 0 Å². The molecule has 1 rings (SSSR count). The summed E-state index contributed by atoms with van der Waals surface area (Å²) in [6, 6.07) is 0. The Morgan fingerprint density at radius 3 is 3.00 bits per heavy atom. The van der Waals surface area contributed by atoms with Gasteiger partial charge >= 0.3 is 6.09 Å². The van der Waals surface area contributed by atoms with Crippen LogP contribution in [0.15, 0.2) is 12.2 Å². The third-order valence-corrected chi connectivity index (χ3v) is 2.41. The Labute approximate surface area is 90.9 Å². The summed E-state index contributed by atoms with van der Waals surface area (Å²) in [5, 5.41) is 2.61. The number of ether oxygens (including phenoxy) is 1. The van der Waals surface area contributed by atoms with Gasteiger partial charge in [-0.3, -0.25) is 0 Å². The highest BCUT2D eigenvalue weighted by Crippen LogP contribution is 2.15. The molecule has 0 aromatic carbocycles. The average molecular weight is 212 g/mol. The number of hydrogen-bond donors (Lipinski definition) is 2. The summed E-state index contributed by atoms with van der Waals surface area (Å²) in [4.78, 5) is 11.3. The predicted molar refractivity (Wildman–Crippen MR) is 59.6 cm³/mol. The van der Waals surface area contributed by atoms with Gasteiger partial charge in [0.2, 0.25) is 0 Å². The number of alkyl carbamates (subject to hydrolysis) is 1. The second-order valence-electron chi connectivity index (χ2n) is 3.72. The summed E-state index contributed by atoms with van der Waals surface area (Å²) >= 11 is 0. The zero-order chi connectivity index (χ0) is 10.9. The Hall–Kier alpha value is -1.03. The molecule has 0 bridgehead atoms. The molecule has 0 heterocycles. The van der Waals surface area contributed by atoms with Crippen molar-refractivity contribution in [2.24, 2.45) is 5.73 Å². The Balaban J connectivity index is 2.23. The van der Waals surface area contributed by atoms with Gasteiger partial charge in [0.1, 0.15) is 6.10 Å². The fraction of sp³-hybridized carbons (Fsp3) is 0.727. The van der Waals surface area contributed by atoms with Gasteiger partial charge in [-0.15, -0.1) is 0 Å². The van der Waals surface area contributed by atoms with E-state index >= 15 is 0 Å². The van der Waals surface area contributed by atoms with Crippen molar-refractivity contribution in [1.82, 2.24) is 5.32 Å². The van der Waals surface area contributed by atoms with Crippen molar-refractivity contribution in [1.29, 1.82) is 0 Å². The first kappa shape index (κ1) is 12.0. The zero-order valence-electron chi connectivity index (χ0n) is 9.08. The lowest BCUT2D eigenvalue weighted by molar-refractivity contribution is 0.0866. The molecule has 0 radical (unpaired) electrons. The SMILES string of the molecule is NCCNC(=O)OC1CC/C=C/CCC1. The van der Waals surface area contributed by atoms with Crippen LogP contribution in [0.2, 0.25) is 0 Å². The van der Waals surface area contributed by atoms with Gasteiger partial charge in [-0.25, -0.2) is 4.79 Å². The van der Waals surface area contributed by atoms with Gasteiger partial charge < -0.3 is 15.8 Å². The molecular weight excluding hydrogens is 192 g/mol. The Kier molecular flexibility index (Phi) is 5.85. The molecule has 0 aromatic heterocycles. The van der Waals surface area contributed by atoms with E-state index in [0.717, 1.165) is 32.1 Å². The molecule has 86 valence electrons. The van der Waals surface area contributed by atoms with Crippen LogP contribution in [-0.4, -0.2) is 25.3 Å². The van der Waals surface area contributed by atoms with Gasteiger partial charge in [0.15, 0.2) is 0 Å². The minimum absolute atomic E-state index is 0.0627. The molecule has 15 heavy (non-hydrogen) atoms. The molecule has 1 aliphatic rings. The molecule has 1 aliphatic carbocycles. The third kappa shape index (κ3) is 5.42. The van der Waals surface area contributed by atoms with Gasteiger partial charge in [0.05, 0.1) is 0 Å². The van der Waals surface area contributed by atoms with E-state index in [0.29, 0.717) is 13.1 Å². The van der Waals surface area contributed by atoms with Gasteiger partial charge in [-0.2, -0.15) is 0 Å². The molecule has 1 atom stereocenters. The quantitative estimate of drug-likeness (QED) is 0.698. The number of carbonyl (C=O) groups is 1. The maximum Gasteiger partial charge on any atom is 0.407 e. The lowest BCUT2D eigenvalue weighted by Crippen LogP contribution is -2.32. The second-order valence-corrected chi connectivity index (χ2v) is 3.72. The van der Waals surface area contributed by atoms with E-state index in [4.69, 9.17) is 10.5 Å². The van der Waals surface area contributed by atoms with Gasteiger partial charge in [0, 0.05) is 13.1 Å². The number of carbonyl (C=O) groups excluding carboxylic acids is 1. The largest absolute Gasteiger partial charge is 0.446 e. The minimum Gasteiger partial charge on any atom is -0.446 e. The van der Waals surface area contributed by atoms with Crippen LogP contribution in [0.4, 0.5) is 4.79 Å². The standard InChI is InChI=1S/C11H20N2O2/c12-8-9-13-11(14)15-10-6-4-2-1-3-5-7-10/h1-2,10H,3-9,12H2,(H,13,14)/b2-1+. The molecule has 1 amide bonds. The van der Waals surface area contributed by atoms with E-state index in [9.17, 15) is 4.79 Å². The zero-order valence-corrected chi connectivity index (χ0v) is 9.08. The second kappa shape index (κ2) is 7.29. The normalized spacial score (nSPS) is 23.7. The van der Waals surface area contributed by atoms with Crippen LogP contribution in [0.3, 0.4) is 0 Å². The predicted octanol–water partition coefficient (Wildman–Crippen LogP) is 1.56. The van der Waals surface area contributed by atoms with E-state index < -0.39 is 0 Å². The van der Waals surface area contributed by atoms with Gasteiger partial charge in [0.25, 0.3) is 0 Å².